The Morgan fingerprint density at radius 1 is 1.24 bits per heavy atom. The van der Waals surface area contributed by atoms with E-state index in [1.54, 1.807) is 31.3 Å². The van der Waals surface area contributed by atoms with Crippen molar-refractivity contribution >= 4 is 38.9 Å². The molecule has 25 heavy (non-hydrogen) atoms. The lowest BCUT2D eigenvalue weighted by molar-refractivity contribution is 0.0740. The van der Waals surface area contributed by atoms with E-state index in [1.165, 1.54) is 4.90 Å². The first-order chi connectivity index (χ1) is 11.9. The fraction of sp³-hybridized carbons (Fsp3) is 0.312. The van der Waals surface area contributed by atoms with Crippen LogP contribution in [0.1, 0.15) is 16.9 Å². The Morgan fingerprint density at radius 3 is 2.60 bits per heavy atom. The van der Waals surface area contributed by atoms with Gasteiger partial charge in [0.25, 0.3) is 5.91 Å². The minimum Gasteiger partial charge on any atom is -0.338 e. The van der Waals surface area contributed by atoms with Gasteiger partial charge in [0.15, 0.2) is 21.3 Å². The molecular weight excluding hydrogens is 364 g/mol. The number of benzene rings is 1. The SMILES string of the molecule is CN(C(=O)c1ccc(Nc2ccccc2Cl)nn1)C1CCS(=O)(=O)C1. The summed E-state index contributed by atoms with van der Waals surface area (Å²) in [5, 5.41) is 11.5. The molecule has 1 unspecified atom stereocenters. The lowest BCUT2D eigenvalue weighted by Crippen LogP contribution is -2.38. The number of nitrogens with zero attached hydrogens (tertiary/aromatic N) is 3. The van der Waals surface area contributed by atoms with Crippen molar-refractivity contribution < 1.29 is 13.2 Å². The van der Waals surface area contributed by atoms with Crippen LogP contribution < -0.4 is 5.32 Å². The molecule has 1 saturated heterocycles. The van der Waals surface area contributed by atoms with Crippen molar-refractivity contribution in [1.82, 2.24) is 15.1 Å². The summed E-state index contributed by atoms with van der Waals surface area (Å²) in [6, 6.07) is 10.1. The molecule has 1 N–H and O–H groups in total. The molecule has 0 aliphatic carbocycles. The highest BCUT2D eigenvalue weighted by Gasteiger charge is 2.33. The number of halogens is 1. The summed E-state index contributed by atoms with van der Waals surface area (Å²) in [6.07, 6.45) is 0.449. The van der Waals surface area contributed by atoms with Crippen LogP contribution in [-0.2, 0) is 9.84 Å². The van der Waals surface area contributed by atoms with Crippen LogP contribution in [0.4, 0.5) is 11.5 Å². The first-order valence-corrected chi connectivity index (χ1v) is 9.88. The molecule has 7 nitrogen and oxygen atoms in total. The number of carbonyl (C=O) groups is 1. The van der Waals surface area contributed by atoms with E-state index < -0.39 is 9.84 Å². The maximum Gasteiger partial charge on any atom is 0.274 e. The van der Waals surface area contributed by atoms with Gasteiger partial charge in [0, 0.05) is 13.1 Å². The summed E-state index contributed by atoms with van der Waals surface area (Å²) in [4.78, 5) is 13.9. The zero-order valence-corrected chi connectivity index (χ0v) is 15.1. The van der Waals surface area contributed by atoms with Crippen LogP contribution in [0.3, 0.4) is 0 Å². The number of rotatable bonds is 4. The van der Waals surface area contributed by atoms with Crippen molar-refractivity contribution in [3.05, 3.63) is 47.1 Å². The summed E-state index contributed by atoms with van der Waals surface area (Å²) < 4.78 is 23.1. The van der Waals surface area contributed by atoms with Crippen molar-refractivity contribution in [3.8, 4) is 0 Å². The predicted molar refractivity (Wildman–Crippen MR) is 95.9 cm³/mol. The number of nitrogens with one attached hydrogen (secondary N) is 1. The molecular formula is C16H17ClN4O3S. The van der Waals surface area contributed by atoms with Gasteiger partial charge >= 0.3 is 0 Å². The van der Waals surface area contributed by atoms with Crippen LogP contribution in [-0.4, -0.2) is 54.0 Å². The van der Waals surface area contributed by atoms with Crippen molar-refractivity contribution in [1.29, 1.82) is 0 Å². The Morgan fingerprint density at radius 2 is 2.00 bits per heavy atom. The largest absolute Gasteiger partial charge is 0.338 e. The van der Waals surface area contributed by atoms with Crippen molar-refractivity contribution in [2.24, 2.45) is 0 Å². The van der Waals surface area contributed by atoms with E-state index in [4.69, 9.17) is 11.6 Å². The smallest absolute Gasteiger partial charge is 0.274 e. The van der Waals surface area contributed by atoms with Crippen molar-refractivity contribution in [2.75, 3.05) is 23.9 Å². The molecule has 132 valence electrons. The summed E-state index contributed by atoms with van der Waals surface area (Å²) in [6.45, 7) is 0. The number of hydrogen-bond donors (Lipinski definition) is 1. The molecule has 9 heteroatoms. The van der Waals surface area contributed by atoms with E-state index >= 15 is 0 Å². The lowest BCUT2D eigenvalue weighted by atomic mass is 10.2. The first kappa shape index (κ1) is 17.6. The van der Waals surface area contributed by atoms with Gasteiger partial charge in [-0.3, -0.25) is 4.79 Å². The fourth-order valence-corrected chi connectivity index (χ4v) is 4.60. The normalized spacial score (nSPS) is 18.7. The molecule has 1 fully saturated rings. The second-order valence-corrected chi connectivity index (χ2v) is 8.52. The summed E-state index contributed by atoms with van der Waals surface area (Å²) in [5.74, 6) is 0.214. The molecule has 1 aromatic heterocycles. The van der Waals surface area contributed by atoms with Crippen LogP contribution in [0.5, 0.6) is 0 Å². The molecule has 1 amide bonds. The predicted octanol–water partition coefficient (Wildman–Crippen LogP) is 2.13. The first-order valence-electron chi connectivity index (χ1n) is 7.68. The van der Waals surface area contributed by atoms with E-state index in [2.05, 4.69) is 15.5 Å². The Labute approximate surface area is 150 Å². The van der Waals surface area contributed by atoms with Gasteiger partial charge in [-0.15, -0.1) is 10.2 Å². The van der Waals surface area contributed by atoms with Gasteiger partial charge < -0.3 is 10.2 Å². The van der Waals surface area contributed by atoms with Gasteiger partial charge in [0.1, 0.15) is 0 Å². The topological polar surface area (TPSA) is 92.3 Å². The van der Waals surface area contributed by atoms with Crippen molar-refractivity contribution in [2.45, 2.75) is 12.5 Å². The fourth-order valence-electron chi connectivity index (χ4n) is 2.64. The highest BCUT2D eigenvalue weighted by molar-refractivity contribution is 7.91. The average molecular weight is 381 g/mol. The number of aromatic nitrogens is 2. The minimum absolute atomic E-state index is 0.00514. The van der Waals surface area contributed by atoms with E-state index in [0.717, 1.165) is 0 Å². The number of amides is 1. The number of para-hydroxylation sites is 1. The van der Waals surface area contributed by atoms with Crippen molar-refractivity contribution in [3.63, 3.8) is 0 Å². The van der Waals surface area contributed by atoms with E-state index in [1.807, 2.05) is 12.1 Å². The van der Waals surface area contributed by atoms with Crippen LogP contribution in [0.25, 0.3) is 0 Å². The Balaban J connectivity index is 1.69. The Bertz CT molecular complexity index is 887. The maximum absolute atomic E-state index is 12.5. The number of sulfone groups is 1. The van der Waals surface area contributed by atoms with Gasteiger partial charge in [-0.25, -0.2) is 8.42 Å². The number of carbonyl (C=O) groups excluding carboxylic acids is 1. The standard InChI is InChI=1S/C16H17ClN4O3S/c1-21(11-8-9-25(23,24)10-11)16(22)14-6-7-15(20-19-14)18-13-5-3-2-4-12(13)17/h2-7,11H,8-10H2,1H3,(H,18,20). The quantitative estimate of drug-likeness (QED) is 0.873. The third-order valence-corrected chi connectivity index (χ3v) is 6.18. The molecule has 2 aromatic rings. The second-order valence-electron chi connectivity index (χ2n) is 5.88. The van der Waals surface area contributed by atoms with Gasteiger partial charge in [-0.05, 0) is 30.7 Å². The zero-order valence-electron chi connectivity index (χ0n) is 13.5. The van der Waals surface area contributed by atoms with Crippen LogP contribution in [0.15, 0.2) is 36.4 Å². The van der Waals surface area contributed by atoms with Crippen LogP contribution in [0.2, 0.25) is 5.02 Å². The number of anilines is 2. The van der Waals surface area contributed by atoms with Gasteiger partial charge in [-0.2, -0.15) is 0 Å². The van der Waals surface area contributed by atoms with E-state index in [0.29, 0.717) is 22.9 Å². The molecule has 1 aliphatic heterocycles. The minimum atomic E-state index is -3.05. The zero-order chi connectivity index (χ0) is 18.0. The van der Waals surface area contributed by atoms with Crippen LogP contribution in [0, 0.1) is 0 Å². The molecule has 1 aliphatic rings. The monoisotopic (exact) mass is 380 g/mol. The average Bonchev–Trinajstić information content (AvgIpc) is 2.96. The molecule has 0 bridgehead atoms. The molecule has 2 heterocycles. The van der Waals surface area contributed by atoms with E-state index in [-0.39, 0.29) is 29.1 Å². The third-order valence-electron chi connectivity index (χ3n) is 4.10. The van der Waals surface area contributed by atoms with Gasteiger partial charge in [-0.1, -0.05) is 23.7 Å². The molecule has 0 spiro atoms. The van der Waals surface area contributed by atoms with E-state index in [9.17, 15) is 13.2 Å². The second kappa shape index (κ2) is 6.97. The van der Waals surface area contributed by atoms with Gasteiger partial charge in [0.2, 0.25) is 0 Å². The highest BCUT2D eigenvalue weighted by Crippen LogP contribution is 2.24. The number of hydrogen-bond acceptors (Lipinski definition) is 6. The molecule has 1 atom stereocenters. The Hall–Kier alpha value is -2.19. The maximum atomic E-state index is 12.5. The summed E-state index contributed by atoms with van der Waals surface area (Å²) in [7, 11) is -1.47. The van der Waals surface area contributed by atoms with Gasteiger partial charge in [0.05, 0.1) is 22.2 Å². The molecule has 3 rings (SSSR count). The molecule has 1 aromatic carbocycles. The van der Waals surface area contributed by atoms with Crippen LogP contribution >= 0.6 is 11.6 Å². The molecule has 0 radical (unpaired) electrons. The third kappa shape index (κ3) is 4.08. The lowest BCUT2D eigenvalue weighted by Gasteiger charge is -2.22. The molecule has 0 saturated carbocycles. The summed E-state index contributed by atoms with van der Waals surface area (Å²) in [5.41, 5.74) is 0.849. The summed E-state index contributed by atoms with van der Waals surface area (Å²) >= 11 is 6.07. The Kier molecular flexibility index (Phi) is 4.91. The highest BCUT2D eigenvalue weighted by atomic mass is 35.5.